The highest BCUT2D eigenvalue weighted by molar-refractivity contribution is 6.33. The maximum Gasteiger partial charge on any atom is 0.183 e. The molecule has 0 radical (unpaired) electrons. The number of aryl methyl sites for hydroxylation is 1. The molecule has 0 aliphatic rings. The summed E-state index contributed by atoms with van der Waals surface area (Å²) in [6.45, 7) is 1.88. The minimum absolute atomic E-state index is 0.177. The average molecular weight is 432 g/mol. The van der Waals surface area contributed by atoms with E-state index in [1.165, 1.54) is 18.3 Å². The number of halogens is 2. The molecule has 1 N–H and O–H groups in total. The van der Waals surface area contributed by atoms with Gasteiger partial charge in [0.25, 0.3) is 0 Å². The standard InChI is InChI=1S/C23H15ClFN5O/c1-13-22-28-29-23(17-4-2-3-5-18(17)24)30(22)20-11-16(8-9-19(20)27-13)26-12-14-6-7-15(25)10-21(14)31/h2-12,31H,1H3. The van der Waals surface area contributed by atoms with Crippen LogP contribution in [-0.2, 0) is 0 Å². The van der Waals surface area contributed by atoms with E-state index in [2.05, 4.69) is 20.2 Å². The summed E-state index contributed by atoms with van der Waals surface area (Å²) in [5.41, 5.74) is 4.68. The van der Waals surface area contributed by atoms with Crippen molar-refractivity contribution >= 4 is 40.2 Å². The molecule has 152 valence electrons. The first-order valence-electron chi connectivity index (χ1n) is 9.44. The molecule has 5 aromatic rings. The van der Waals surface area contributed by atoms with Crippen molar-refractivity contribution in [2.24, 2.45) is 4.99 Å². The molecule has 0 aliphatic heterocycles. The molecule has 0 bridgehead atoms. The van der Waals surface area contributed by atoms with Crippen molar-refractivity contribution in [3.05, 3.63) is 82.8 Å². The Morgan fingerprint density at radius 2 is 1.90 bits per heavy atom. The van der Waals surface area contributed by atoms with Gasteiger partial charge in [0, 0.05) is 23.4 Å². The third-order valence-electron chi connectivity index (χ3n) is 4.93. The lowest BCUT2D eigenvalue weighted by atomic mass is 10.2. The number of rotatable bonds is 3. The van der Waals surface area contributed by atoms with Gasteiger partial charge in [0.1, 0.15) is 11.6 Å². The summed E-state index contributed by atoms with van der Waals surface area (Å²) < 4.78 is 15.1. The Bertz CT molecular complexity index is 1490. The number of nitrogens with zero attached hydrogens (tertiary/aromatic N) is 5. The minimum Gasteiger partial charge on any atom is -0.507 e. The molecule has 2 heterocycles. The van der Waals surface area contributed by atoms with Crippen LogP contribution >= 0.6 is 11.6 Å². The molecule has 3 aromatic carbocycles. The Hall–Kier alpha value is -3.84. The van der Waals surface area contributed by atoms with E-state index in [0.717, 1.165) is 28.4 Å². The quantitative estimate of drug-likeness (QED) is 0.382. The van der Waals surface area contributed by atoms with Crippen LogP contribution in [-0.4, -0.2) is 30.9 Å². The van der Waals surface area contributed by atoms with Gasteiger partial charge >= 0.3 is 0 Å². The highest BCUT2D eigenvalue weighted by Gasteiger charge is 2.16. The predicted octanol–water partition coefficient (Wildman–Crippen LogP) is 5.50. The van der Waals surface area contributed by atoms with Crippen molar-refractivity contribution < 1.29 is 9.50 Å². The second-order valence-corrected chi connectivity index (χ2v) is 7.40. The first kappa shape index (κ1) is 19.1. The van der Waals surface area contributed by atoms with Gasteiger partial charge in [0.05, 0.1) is 27.4 Å². The predicted molar refractivity (Wildman–Crippen MR) is 119 cm³/mol. The molecule has 31 heavy (non-hydrogen) atoms. The van der Waals surface area contributed by atoms with E-state index >= 15 is 0 Å². The van der Waals surface area contributed by atoms with Crippen molar-refractivity contribution in [1.29, 1.82) is 0 Å². The fourth-order valence-corrected chi connectivity index (χ4v) is 3.65. The topological polar surface area (TPSA) is 75.7 Å². The van der Waals surface area contributed by atoms with Crippen LogP contribution in [0.25, 0.3) is 28.1 Å². The lowest BCUT2D eigenvalue weighted by molar-refractivity contribution is 0.468. The summed E-state index contributed by atoms with van der Waals surface area (Å²) in [5, 5.41) is 19.1. The Labute approximate surface area is 181 Å². The van der Waals surface area contributed by atoms with Crippen LogP contribution in [0.1, 0.15) is 11.3 Å². The van der Waals surface area contributed by atoms with Crippen molar-refractivity contribution in [2.75, 3.05) is 0 Å². The first-order chi connectivity index (χ1) is 15.0. The number of hydrogen-bond donors (Lipinski definition) is 1. The fraction of sp³-hybridized carbons (Fsp3) is 0.0435. The van der Waals surface area contributed by atoms with Crippen LogP contribution in [0.15, 0.2) is 65.7 Å². The smallest absolute Gasteiger partial charge is 0.183 e. The molecule has 5 rings (SSSR count). The molecule has 0 unspecified atom stereocenters. The summed E-state index contributed by atoms with van der Waals surface area (Å²) in [5.74, 6) is -0.0821. The van der Waals surface area contributed by atoms with Gasteiger partial charge in [0.2, 0.25) is 0 Å². The Balaban J connectivity index is 1.69. The number of phenolic OH excluding ortho intramolecular Hbond substituents is 1. The van der Waals surface area contributed by atoms with Crippen molar-refractivity contribution in [1.82, 2.24) is 19.6 Å². The Kier molecular flexibility index (Phi) is 4.60. The summed E-state index contributed by atoms with van der Waals surface area (Å²) >= 11 is 6.41. The van der Waals surface area contributed by atoms with Gasteiger partial charge in [-0.15, -0.1) is 10.2 Å². The monoisotopic (exact) mass is 431 g/mol. The molecule has 6 nitrogen and oxygen atoms in total. The van der Waals surface area contributed by atoms with Gasteiger partial charge in [0.15, 0.2) is 11.5 Å². The molecule has 0 saturated heterocycles. The lowest BCUT2D eigenvalue weighted by Gasteiger charge is -2.08. The van der Waals surface area contributed by atoms with Crippen molar-refractivity contribution in [3.63, 3.8) is 0 Å². The summed E-state index contributed by atoms with van der Waals surface area (Å²) in [6.07, 6.45) is 1.48. The van der Waals surface area contributed by atoms with E-state index in [1.807, 2.05) is 47.7 Å². The largest absolute Gasteiger partial charge is 0.507 e. The van der Waals surface area contributed by atoms with E-state index in [0.29, 0.717) is 27.7 Å². The number of hydrogen-bond acceptors (Lipinski definition) is 5. The molecule has 0 fully saturated rings. The summed E-state index contributed by atoms with van der Waals surface area (Å²) in [4.78, 5) is 9.06. The average Bonchev–Trinajstić information content (AvgIpc) is 3.20. The van der Waals surface area contributed by atoms with E-state index in [-0.39, 0.29) is 5.75 Å². The maximum atomic E-state index is 13.2. The minimum atomic E-state index is -0.510. The van der Waals surface area contributed by atoms with Gasteiger partial charge in [-0.25, -0.2) is 9.37 Å². The number of benzene rings is 3. The van der Waals surface area contributed by atoms with Crippen molar-refractivity contribution in [3.8, 4) is 17.1 Å². The van der Waals surface area contributed by atoms with E-state index in [4.69, 9.17) is 11.6 Å². The van der Waals surface area contributed by atoms with Gasteiger partial charge in [-0.05, 0) is 49.4 Å². The molecule has 0 spiro atoms. The highest BCUT2D eigenvalue weighted by Crippen LogP contribution is 2.30. The number of fused-ring (bicyclic) bond motifs is 3. The molecule has 0 atom stereocenters. The molecule has 0 aliphatic carbocycles. The molecule has 0 saturated carbocycles. The van der Waals surface area contributed by atoms with Gasteiger partial charge in [-0.2, -0.15) is 0 Å². The number of aromatic hydroxyl groups is 1. The third kappa shape index (κ3) is 3.39. The van der Waals surface area contributed by atoms with Crippen LogP contribution in [0.4, 0.5) is 10.1 Å². The summed E-state index contributed by atoms with van der Waals surface area (Å²) in [6, 6.07) is 16.8. The van der Waals surface area contributed by atoms with Gasteiger partial charge in [-0.1, -0.05) is 23.7 Å². The van der Waals surface area contributed by atoms with Crippen LogP contribution in [0, 0.1) is 12.7 Å². The van der Waals surface area contributed by atoms with Crippen LogP contribution in [0.5, 0.6) is 5.75 Å². The van der Waals surface area contributed by atoms with Crippen LogP contribution in [0.3, 0.4) is 0 Å². The molecule has 8 heteroatoms. The number of aliphatic imine (C=N–C) groups is 1. The van der Waals surface area contributed by atoms with E-state index in [1.54, 1.807) is 6.07 Å². The zero-order valence-electron chi connectivity index (χ0n) is 16.3. The second-order valence-electron chi connectivity index (χ2n) is 6.99. The number of phenols is 1. The second kappa shape index (κ2) is 7.45. The zero-order valence-corrected chi connectivity index (χ0v) is 17.0. The van der Waals surface area contributed by atoms with Crippen molar-refractivity contribution in [2.45, 2.75) is 6.92 Å². The first-order valence-corrected chi connectivity index (χ1v) is 9.82. The fourth-order valence-electron chi connectivity index (χ4n) is 3.43. The molecular weight excluding hydrogens is 417 g/mol. The van der Waals surface area contributed by atoms with Crippen LogP contribution < -0.4 is 0 Å². The van der Waals surface area contributed by atoms with Crippen LogP contribution in [0.2, 0.25) is 5.02 Å². The number of aromatic nitrogens is 4. The molecule has 2 aromatic heterocycles. The van der Waals surface area contributed by atoms with E-state index in [9.17, 15) is 9.50 Å². The third-order valence-corrected chi connectivity index (χ3v) is 5.26. The normalized spacial score (nSPS) is 11.7. The Morgan fingerprint density at radius 1 is 1.06 bits per heavy atom. The van der Waals surface area contributed by atoms with Gasteiger partial charge in [-0.3, -0.25) is 9.39 Å². The Morgan fingerprint density at radius 3 is 2.71 bits per heavy atom. The molecular formula is C23H15ClFN5O. The summed E-state index contributed by atoms with van der Waals surface area (Å²) in [7, 11) is 0. The van der Waals surface area contributed by atoms with E-state index < -0.39 is 5.82 Å². The highest BCUT2D eigenvalue weighted by atomic mass is 35.5. The SMILES string of the molecule is Cc1nc2ccc(N=Cc3ccc(F)cc3O)cc2n2c(-c3ccccc3Cl)nnc12. The van der Waals surface area contributed by atoms with Gasteiger partial charge < -0.3 is 5.11 Å². The zero-order chi connectivity index (χ0) is 21.5. The molecule has 0 amide bonds. The lowest BCUT2D eigenvalue weighted by Crippen LogP contribution is -1.97. The maximum absolute atomic E-state index is 13.2.